The zero-order valence-electron chi connectivity index (χ0n) is 2.34. The molecule has 0 N–H and O–H groups in total. The minimum absolute atomic E-state index is 0.639. The van der Waals surface area contributed by atoms with E-state index >= 15 is 0 Å². The molecule has 0 radical (unpaired) electrons. The van der Waals surface area contributed by atoms with Gasteiger partial charge < -0.3 is 0 Å². The summed E-state index contributed by atoms with van der Waals surface area (Å²) in [6.07, 6.45) is 0. The van der Waals surface area contributed by atoms with Gasteiger partial charge in [-0.1, -0.05) is 0 Å². The van der Waals surface area contributed by atoms with E-state index in [0.29, 0.717) is 15.0 Å². The summed E-state index contributed by atoms with van der Waals surface area (Å²) in [7, 11) is 0. The predicted octanol–water partition coefficient (Wildman–Crippen LogP) is 0.307. The molecule has 0 atom stereocenters. The van der Waals surface area contributed by atoms with E-state index in [-0.39, 0.29) is 0 Å². The van der Waals surface area contributed by atoms with Crippen LogP contribution in [-0.2, 0) is 19.8 Å². The molecular weight excluding hydrogens is 95.9 g/mol. The van der Waals surface area contributed by atoms with Crippen LogP contribution < -0.4 is 0 Å². The SMILES string of the molecule is [CH3][Fe][CH]=O. The molecule has 0 aliphatic rings. The summed E-state index contributed by atoms with van der Waals surface area (Å²) >= 11 is 0.639. The summed E-state index contributed by atoms with van der Waals surface area (Å²) in [5, 5.41) is 0.875. The molecule has 26 valence electrons. The fraction of sp³-hybridized carbons (Fsp3) is 0.500. The normalized spacial score (nSPS) is 7.25. The van der Waals surface area contributed by atoms with Gasteiger partial charge in [0.15, 0.2) is 0 Å². The summed E-state index contributed by atoms with van der Waals surface area (Å²) in [4.78, 5) is 9.17. The Bertz CT molecular complexity index is 20.0. The molecule has 0 heterocycles. The zero-order chi connectivity index (χ0) is 3.41. The Morgan fingerprint density at radius 2 is 2.25 bits per heavy atom. The average molecular weight is 99.9 g/mol. The topological polar surface area (TPSA) is 17.1 Å². The first kappa shape index (κ1) is 4.19. The summed E-state index contributed by atoms with van der Waals surface area (Å²) < 4.78 is 0. The first-order valence-electron chi connectivity index (χ1n) is 0.793. The van der Waals surface area contributed by atoms with E-state index in [0.717, 1.165) is 5.18 Å². The predicted molar refractivity (Wildman–Crippen MR) is 12.6 cm³/mol. The molecule has 0 rings (SSSR count). The van der Waals surface area contributed by atoms with Gasteiger partial charge in [-0.05, 0) is 0 Å². The molecule has 2 heteroatoms. The average Bonchev–Trinajstić information content (AvgIpc) is 1.37. The summed E-state index contributed by atoms with van der Waals surface area (Å²) in [6, 6.07) is 0. The van der Waals surface area contributed by atoms with E-state index in [2.05, 4.69) is 0 Å². The van der Waals surface area contributed by atoms with Gasteiger partial charge >= 0.3 is 30.8 Å². The Balaban J connectivity index is 2.30. The molecule has 0 aliphatic carbocycles. The van der Waals surface area contributed by atoms with E-state index < -0.39 is 0 Å². The van der Waals surface area contributed by atoms with Crippen LogP contribution in [0.15, 0.2) is 0 Å². The third kappa shape index (κ3) is 2.19. The molecule has 4 heavy (non-hydrogen) atoms. The molecular formula is C2H4FeO. The Labute approximate surface area is 31.5 Å². The first-order chi connectivity index (χ1) is 1.91. The molecule has 0 saturated heterocycles. The maximum absolute atomic E-state index is 9.17. The van der Waals surface area contributed by atoms with E-state index in [1.54, 1.807) is 0 Å². The number of carbonyl (C=O) groups is 1. The van der Waals surface area contributed by atoms with Crippen molar-refractivity contribution >= 4 is 5.18 Å². The third-order valence-corrected chi connectivity index (χ3v) is 0.344. The van der Waals surface area contributed by atoms with Crippen LogP contribution in [0.3, 0.4) is 0 Å². The standard InChI is InChI=1S/CHO.CH3.Fe/c1-2;;/h1H;1H3;. The number of hydrogen-bond donors (Lipinski definition) is 0. The van der Waals surface area contributed by atoms with Crippen LogP contribution >= 0.6 is 0 Å². The van der Waals surface area contributed by atoms with Crippen molar-refractivity contribution in [2.24, 2.45) is 0 Å². The van der Waals surface area contributed by atoms with Gasteiger partial charge in [-0.15, -0.1) is 0 Å². The van der Waals surface area contributed by atoms with E-state index in [1.807, 2.05) is 5.82 Å². The number of hydrogen-bond acceptors (Lipinski definition) is 1. The second-order valence-corrected chi connectivity index (χ2v) is 1.19. The van der Waals surface area contributed by atoms with Crippen LogP contribution in [0, 0.1) is 0 Å². The fourth-order valence-electron chi connectivity index (χ4n) is 0. The van der Waals surface area contributed by atoms with Crippen molar-refractivity contribution in [1.29, 1.82) is 0 Å². The van der Waals surface area contributed by atoms with Crippen LogP contribution in [0.25, 0.3) is 0 Å². The molecule has 1 nitrogen and oxygen atoms in total. The van der Waals surface area contributed by atoms with Crippen LogP contribution in [0.5, 0.6) is 0 Å². The molecule has 0 saturated carbocycles. The van der Waals surface area contributed by atoms with E-state index in [4.69, 9.17) is 0 Å². The number of carbonyl (C=O) groups excluding carboxylic acids is 1. The summed E-state index contributed by atoms with van der Waals surface area (Å²) in [5.41, 5.74) is 0. The molecule has 0 aromatic carbocycles. The summed E-state index contributed by atoms with van der Waals surface area (Å²) in [6.45, 7) is 0. The Morgan fingerprint density at radius 1 is 2.00 bits per heavy atom. The zero-order valence-corrected chi connectivity index (χ0v) is 3.44. The van der Waals surface area contributed by atoms with Gasteiger partial charge in [-0.25, -0.2) is 0 Å². The van der Waals surface area contributed by atoms with Crippen molar-refractivity contribution in [2.45, 2.75) is 5.82 Å². The van der Waals surface area contributed by atoms with Crippen LogP contribution in [-0.4, -0.2) is 5.18 Å². The second-order valence-electron chi connectivity index (χ2n) is 0.287. The van der Waals surface area contributed by atoms with Gasteiger partial charge in [0.2, 0.25) is 0 Å². The molecule has 0 fully saturated rings. The fourth-order valence-corrected chi connectivity index (χ4v) is 0. The van der Waals surface area contributed by atoms with Gasteiger partial charge in [0.25, 0.3) is 0 Å². The summed E-state index contributed by atoms with van der Waals surface area (Å²) in [5.74, 6) is 1.81. The Hall–Kier alpha value is 0.189. The van der Waals surface area contributed by atoms with Crippen molar-refractivity contribution in [3.8, 4) is 0 Å². The van der Waals surface area contributed by atoms with Gasteiger partial charge in [-0.2, -0.15) is 0 Å². The third-order valence-electron chi connectivity index (χ3n) is 0.0833. The van der Waals surface area contributed by atoms with Crippen molar-refractivity contribution in [1.82, 2.24) is 0 Å². The molecule has 0 aromatic heterocycles. The van der Waals surface area contributed by atoms with Crippen molar-refractivity contribution in [2.75, 3.05) is 0 Å². The molecule has 0 spiro atoms. The molecule has 0 aromatic rings. The van der Waals surface area contributed by atoms with E-state index in [1.165, 1.54) is 0 Å². The minimum atomic E-state index is 0.639. The van der Waals surface area contributed by atoms with E-state index in [9.17, 15) is 4.79 Å². The van der Waals surface area contributed by atoms with Gasteiger partial charge in [-0.3, -0.25) is 0 Å². The van der Waals surface area contributed by atoms with Crippen molar-refractivity contribution in [3.05, 3.63) is 0 Å². The van der Waals surface area contributed by atoms with Crippen LogP contribution in [0.1, 0.15) is 0 Å². The second kappa shape index (κ2) is 3.19. The number of rotatable bonds is 1. The quantitative estimate of drug-likeness (QED) is 0.342. The van der Waals surface area contributed by atoms with Crippen LogP contribution in [0.4, 0.5) is 0 Å². The van der Waals surface area contributed by atoms with Crippen molar-refractivity contribution < 1.29 is 19.8 Å². The van der Waals surface area contributed by atoms with Crippen LogP contribution in [0.2, 0.25) is 5.82 Å². The monoisotopic (exact) mass is 100.0 g/mol. The molecule has 0 bridgehead atoms. The Kier molecular flexibility index (Phi) is 3.34. The van der Waals surface area contributed by atoms with Gasteiger partial charge in [0.1, 0.15) is 0 Å². The molecule has 0 amide bonds. The molecule has 0 unspecified atom stereocenters. The van der Waals surface area contributed by atoms with Gasteiger partial charge in [0, 0.05) is 0 Å². The van der Waals surface area contributed by atoms with Gasteiger partial charge in [0.05, 0.1) is 0 Å². The first-order valence-corrected chi connectivity index (χ1v) is 2.54. The maximum atomic E-state index is 9.17. The Morgan fingerprint density at radius 3 is 2.25 bits per heavy atom. The van der Waals surface area contributed by atoms with Crippen molar-refractivity contribution in [3.63, 3.8) is 0 Å². The molecule has 0 aliphatic heterocycles.